The van der Waals surface area contributed by atoms with E-state index in [0.29, 0.717) is 17.5 Å². The minimum absolute atomic E-state index is 0.618. The number of rotatable bonds is 5. The summed E-state index contributed by atoms with van der Waals surface area (Å²) in [6.07, 6.45) is 0. The van der Waals surface area contributed by atoms with E-state index in [4.69, 9.17) is 15.0 Å². The Morgan fingerprint density at radius 3 is 1.60 bits per heavy atom. The average molecular weight is 740 g/mol. The zero-order valence-corrected chi connectivity index (χ0v) is 31.3. The van der Waals surface area contributed by atoms with E-state index in [2.05, 4.69) is 191 Å². The van der Waals surface area contributed by atoms with Crippen LogP contribution in [0.4, 0.5) is 0 Å². The fourth-order valence-electron chi connectivity index (χ4n) is 8.92. The molecule has 0 aliphatic rings. The van der Waals surface area contributed by atoms with Crippen molar-refractivity contribution in [3.8, 4) is 45.5 Å². The van der Waals surface area contributed by atoms with Crippen LogP contribution in [-0.4, -0.2) is 24.1 Å². The molecule has 0 radical (unpaired) electrons. The maximum atomic E-state index is 5.45. The smallest absolute Gasteiger partial charge is 0.166 e. The molecule has 0 amide bonds. The number of hydrogen-bond acceptors (Lipinski definition) is 3. The van der Waals surface area contributed by atoms with Crippen LogP contribution in [-0.2, 0) is 0 Å². The Morgan fingerprint density at radius 2 is 0.845 bits per heavy atom. The quantitative estimate of drug-likeness (QED) is 0.177. The Balaban J connectivity index is 1.16. The van der Waals surface area contributed by atoms with Crippen LogP contribution < -0.4 is 0 Å². The van der Waals surface area contributed by atoms with E-state index in [0.717, 1.165) is 66.3 Å². The second kappa shape index (κ2) is 12.8. The van der Waals surface area contributed by atoms with E-state index < -0.39 is 0 Å². The van der Waals surface area contributed by atoms with Gasteiger partial charge >= 0.3 is 0 Å². The summed E-state index contributed by atoms with van der Waals surface area (Å²) in [5.41, 5.74) is 9.43. The third-order valence-corrected chi connectivity index (χ3v) is 11.5. The Hall–Kier alpha value is -7.89. The third kappa shape index (κ3) is 5.00. The van der Waals surface area contributed by atoms with E-state index >= 15 is 0 Å². The van der Waals surface area contributed by atoms with Gasteiger partial charge in [0.15, 0.2) is 17.5 Å². The van der Waals surface area contributed by atoms with E-state index in [9.17, 15) is 0 Å². The summed E-state index contributed by atoms with van der Waals surface area (Å²) in [5, 5.41) is 9.38. The van der Waals surface area contributed by atoms with Gasteiger partial charge in [0.2, 0.25) is 0 Å². The number of hydrogen-bond donors (Lipinski definition) is 0. The topological polar surface area (TPSA) is 48.5 Å². The summed E-state index contributed by atoms with van der Waals surface area (Å²) in [7, 11) is 0. The fourth-order valence-corrected chi connectivity index (χ4v) is 8.92. The molecule has 5 heteroatoms. The number of fused-ring (bicyclic) bond motifs is 8. The molecule has 3 heterocycles. The SMILES string of the molecule is c1ccc(-c2nc(-c3cc(-n4c5ccccc5c5cc6ccccc6cc54)cc4ccccc34)nc(-c3cccc4c5ccccc5n(-c5ccccc5)c34)n2)cc1. The number of nitrogens with zero attached hydrogens (tertiary/aromatic N) is 5. The van der Waals surface area contributed by atoms with Crippen molar-refractivity contribution in [1.82, 2.24) is 24.1 Å². The van der Waals surface area contributed by atoms with Gasteiger partial charge in [0.25, 0.3) is 0 Å². The average Bonchev–Trinajstić information content (AvgIpc) is 3.81. The molecule has 0 spiro atoms. The van der Waals surface area contributed by atoms with Gasteiger partial charge < -0.3 is 9.13 Å². The molecule has 0 saturated heterocycles. The van der Waals surface area contributed by atoms with Gasteiger partial charge in [-0.3, -0.25) is 0 Å². The summed E-state index contributed by atoms with van der Waals surface area (Å²) < 4.78 is 4.74. The van der Waals surface area contributed by atoms with Gasteiger partial charge in [-0.15, -0.1) is 0 Å². The highest BCUT2D eigenvalue weighted by Crippen LogP contribution is 2.40. The molecule has 0 atom stereocenters. The lowest BCUT2D eigenvalue weighted by molar-refractivity contribution is 1.07. The van der Waals surface area contributed by atoms with Gasteiger partial charge in [-0.25, -0.2) is 15.0 Å². The molecule has 0 aliphatic carbocycles. The van der Waals surface area contributed by atoms with E-state index in [1.165, 1.54) is 26.9 Å². The van der Waals surface area contributed by atoms with Gasteiger partial charge in [-0.1, -0.05) is 146 Å². The van der Waals surface area contributed by atoms with Crippen LogP contribution in [0.5, 0.6) is 0 Å². The molecular weight excluding hydrogens is 707 g/mol. The second-order valence-corrected chi connectivity index (χ2v) is 14.8. The van der Waals surface area contributed by atoms with Crippen molar-refractivity contribution in [2.24, 2.45) is 0 Å². The second-order valence-electron chi connectivity index (χ2n) is 14.8. The lowest BCUT2D eigenvalue weighted by Crippen LogP contribution is -2.03. The van der Waals surface area contributed by atoms with Crippen LogP contribution in [0.3, 0.4) is 0 Å². The molecule has 0 unspecified atom stereocenters. The number of aromatic nitrogens is 5. The molecule has 0 bridgehead atoms. The standard InChI is InChI=1S/C53H33N5/c1-3-16-34(17-4-1)51-54-52(44-27-15-26-43-41-24-11-14-29-48(41)58(50(43)44)38-21-5-2-6-22-38)56-53(55-51)46-33-39(30-37-20-9-10-23-40(37)46)57-47-28-13-12-25-42(47)45-31-35-18-7-8-19-36(35)32-49(45)57/h1-33H. The molecule has 58 heavy (non-hydrogen) atoms. The van der Waals surface area contributed by atoms with E-state index in [1.54, 1.807) is 0 Å². The Labute approximate surface area is 333 Å². The fraction of sp³-hybridized carbons (Fsp3) is 0. The number of para-hydroxylation sites is 4. The van der Waals surface area contributed by atoms with Crippen LogP contribution >= 0.6 is 0 Å². The zero-order valence-electron chi connectivity index (χ0n) is 31.3. The minimum atomic E-state index is 0.618. The summed E-state index contributed by atoms with van der Waals surface area (Å²) in [4.78, 5) is 16.0. The van der Waals surface area contributed by atoms with Crippen LogP contribution in [0.2, 0.25) is 0 Å². The van der Waals surface area contributed by atoms with Crippen molar-refractivity contribution in [3.05, 3.63) is 200 Å². The van der Waals surface area contributed by atoms with E-state index in [-0.39, 0.29) is 0 Å². The van der Waals surface area contributed by atoms with Crippen molar-refractivity contribution in [2.75, 3.05) is 0 Å². The maximum absolute atomic E-state index is 5.45. The first kappa shape index (κ1) is 32.4. The first-order chi connectivity index (χ1) is 28.8. The van der Waals surface area contributed by atoms with Crippen LogP contribution in [0.1, 0.15) is 0 Å². The lowest BCUT2D eigenvalue weighted by atomic mass is 10.0. The lowest BCUT2D eigenvalue weighted by Gasteiger charge is -2.15. The Morgan fingerprint density at radius 1 is 0.293 bits per heavy atom. The minimum Gasteiger partial charge on any atom is -0.309 e. The highest BCUT2D eigenvalue weighted by Gasteiger charge is 2.22. The molecule has 5 nitrogen and oxygen atoms in total. The normalized spacial score (nSPS) is 11.8. The molecule has 12 aromatic rings. The zero-order chi connectivity index (χ0) is 38.2. The first-order valence-electron chi connectivity index (χ1n) is 19.6. The third-order valence-electron chi connectivity index (χ3n) is 11.5. The molecule has 0 N–H and O–H groups in total. The Bertz CT molecular complexity index is 3560. The largest absolute Gasteiger partial charge is 0.309 e. The Kier molecular flexibility index (Phi) is 7.16. The van der Waals surface area contributed by atoms with Gasteiger partial charge in [-0.2, -0.15) is 0 Å². The molecule has 0 saturated carbocycles. The summed E-state index contributed by atoms with van der Waals surface area (Å²) >= 11 is 0. The highest BCUT2D eigenvalue weighted by atomic mass is 15.1. The predicted molar refractivity (Wildman–Crippen MR) is 240 cm³/mol. The summed E-state index contributed by atoms with van der Waals surface area (Å²) in [6.45, 7) is 0. The van der Waals surface area contributed by atoms with Crippen molar-refractivity contribution in [2.45, 2.75) is 0 Å². The first-order valence-corrected chi connectivity index (χ1v) is 19.6. The van der Waals surface area contributed by atoms with Gasteiger partial charge in [0.05, 0.1) is 22.1 Å². The summed E-state index contributed by atoms with van der Waals surface area (Å²) in [5.74, 6) is 1.86. The predicted octanol–water partition coefficient (Wildman–Crippen LogP) is 13.4. The molecular formula is C53H33N5. The van der Waals surface area contributed by atoms with Crippen LogP contribution in [0.25, 0.3) is 111 Å². The summed E-state index contributed by atoms with van der Waals surface area (Å²) in [6, 6.07) is 70.9. The van der Waals surface area contributed by atoms with Gasteiger partial charge in [0.1, 0.15) is 0 Å². The molecule has 0 fully saturated rings. The molecule has 3 aromatic heterocycles. The monoisotopic (exact) mass is 739 g/mol. The van der Waals surface area contributed by atoms with E-state index in [1.807, 2.05) is 18.2 Å². The van der Waals surface area contributed by atoms with Crippen LogP contribution in [0.15, 0.2) is 200 Å². The van der Waals surface area contributed by atoms with Gasteiger partial charge in [0, 0.05) is 49.6 Å². The van der Waals surface area contributed by atoms with Crippen LogP contribution in [0, 0.1) is 0 Å². The van der Waals surface area contributed by atoms with Crippen molar-refractivity contribution < 1.29 is 0 Å². The molecule has 12 rings (SSSR count). The molecule has 270 valence electrons. The molecule has 9 aromatic carbocycles. The highest BCUT2D eigenvalue weighted by molar-refractivity contribution is 6.15. The number of benzene rings is 9. The van der Waals surface area contributed by atoms with Crippen molar-refractivity contribution >= 4 is 65.2 Å². The molecule has 0 aliphatic heterocycles. The van der Waals surface area contributed by atoms with Gasteiger partial charge in [-0.05, 0) is 76.1 Å². The van der Waals surface area contributed by atoms with Crippen molar-refractivity contribution in [1.29, 1.82) is 0 Å². The maximum Gasteiger partial charge on any atom is 0.166 e. The van der Waals surface area contributed by atoms with Crippen molar-refractivity contribution in [3.63, 3.8) is 0 Å².